The highest BCUT2D eigenvalue weighted by molar-refractivity contribution is 7.09. The van der Waals surface area contributed by atoms with Crippen LogP contribution < -0.4 is 0 Å². The summed E-state index contributed by atoms with van der Waals surface area (Å²) >= 11 is 3.06. The van der Waals surface area contributed by atoms with Crippen molar-refractivity contribution >= 4 is 58.3 Å². The van der Waals surface area contributed by atoms with E-state index in [9.17, 15) is 44.1 Å². The van der Waals surface area contributed by atoms with Crippen molar-refractivity contribution in [3.05, 3.63) is 66.8 Å². The number of aliphatic hydroxyl groups excluding tert-OH is 4. The van der Waals surface area contributed by atoms with E-state index < -0.39 is 77.6 Å². The number of thiazole rings is 2. The standard InChI is InChI=1S/C27H41NO5S.C26H38FNO6S.F2/c1-16-9-8-10-17(2)25(31)19(4)26(32)27(6,7)23(29)14-24(30)33-22(12-11-16)18(3)13-21-15-34-20(5)28-21;1-15-8-7-9-20(34-27)10-11-21(16(2)12-19-14-35-18(4)28-19)33-23(30)13-22(29)26(5,6)25(32)17(3)24(15)31;1-2/h11,13,15,17,19,22-23,25,29,31H,8-10,12,14H2,1-7H3;10,12,14-15,17,21-22,24,29,31H,7-9,11,13H2,1-6H3;/b16-11-,18-13+;16-12+,20-10+;/t17-,19+,22-,23-,25-;15-,17+,21-,22-,24-;/m00./s1. The van der Waals surface area contributed by atoms with E-state index in [4.69, 9.17) is 18.6 Å². The van der Waals surface area contributed by atoms with Gasteiger partial charge in [-0.3, -0.25) is 24.1 Å². The Morgan fingerprint density at radius 2 is 1.06 bits per heavy atom. The lowest BCUT2D eigenvalue weighted by molar-refractivity contribution is -0.155. The van der Waals surface area contributed by atoms with Gasteiger partial charge in [-0.1, -0.05) is 67.0 Å². The zero-order valence-electron chi connectivity index (χ0n) is 43.8. The van der Waals surface area contributed by atoms with Gasteiger partial charge in [0.15, 0.2) is 0 Å². The van der Waals surface area contributed by atoms with Gasteiger partial charge in [-0.15, -0.1) is 22.7 Å². The number of hydrogen-bond acceptors (Lipinski definition) is 15. The minimum absolute atomic E-state index is 0.0444. The minimum atomic E-state index is -1.30. The van der Waals surface area contributed by atoms with Gasteiger partial charge < -0.3 is 29.9 Å². The van der Waals surface area contributed by atoms with Crippen molar-refractivity contribution < 1.29 is 67.7 Å². The quantitative estimate of drug-likeness (QED) is 0.163. The molecular weight excluding hydrogens is 962 g/mol. The van der Waals surface area contributed by atoms with Crippen LogP contribution in [-0.4, -0.2) is 90.5 Å². The lowest BCUT2D eigenvalue weighted by atomic mass is 9.73. The molecule has 0 radical (unpaired) electrons. The number of Topliss-reactive ketones (excluding diaryl/α,β-unsaturated/α-hetero) is 2. The molecule has 10 atom stereocenters. The summed E-state index contributed by atoms with van der Waals surface area (Å²) < 4.78 is 40.7. The van der Waals surface area contributed by atoms with Crippen LogP contribution in [-0.2, 0) is 33.6 Å². The van der Waals surface area contributed by atoms with Crippen LogP contribution in [0.3, 0.4) is 0 Å². The Balaban J connectivity index is 0.000000471. The van der Waals surface area contributed by atoms with Crippen molar-refractivity contribution in [2.75, 3.05) is 0 Å². The summed E-state index contributed by atoms with van der Waals surface area (Å²) in [6, 6.07) is 0. The van der Waals surface area contributed by atoms with E-state index in [0.717, 1.165) is 46.2 Å². The molecular formula is C53H79F3N2O11S2. The van der Waals surface area contributed by atoms with Crippen LogP contribution in [0.2, 0.25) is 0 Å². The minimum Gasteiger partial charge on any atom is -0.457 e. The monoisotopic (exact) mass is 1040 g/mol. The summed E-state index contributed by atoms with van der Waals surface area (Å²) in [6.07, 6.45) is 5.91. The largest absolute Gasteiger partial charge is 0.457 e. The van der Waals surface area contributed by atoms with Gasteiger partial charge in [0.25, 0.3) is 0 Å². The second kappa shape index (κ2) is 29.6. The van der Waals surface area contributed by atoms with Crippen LogP contribution in [0.5, 0.6) is 0 Å². The second-order valence-corrected chi connectivity index (χ2v) is 22.6. The van der Waals surface area contributed by atoms with Crippen molar-refractivity contribution in [1.29, 1.82) is 0 Å². The Bertz CT molecular complexity index is 2170. The number of carbonyl (C=O) groups excluding carboxylic acids is 4. The average molecular weight is 1040 g/mol. The third-order valence-corrected chi connectivity index (χ3v) is 15.5. The van der Waals surface area contributed by atoms with Crippen molar-refractivity contribution in [1.82, 2.24) is 9.97 Å². The number of nitrogens with zero attached hydrogens (tertiary/aromatic N) is 2. The van der Waals surface area contributed by atoms with E-state index in [1.165, 1.54) is 16.9 Å². The summed E-state index contributed by atoms with van der Waals surface area (Å²) in [5.41, 5.74) is 1.88. The van der Waals surface area contributed by atoms with E-state index in [2.05, 4.69) is 27.9 Å². The Kier molecular flexibility index (Phi) is 26.3. The van der Waals surface area contributed by atoms with Gasteiger partial charge in [0.2, 0.25) is 0 Å². The van der Waals surface area contributed by atoms with Gasteiger partial charge in [0, 0.05) is 55.5 Å². The number of aryl methyl sites for hydroxylation is 2. The fraction of sp³-hybridized carbons (Fsp3) is 0.660. The van der Waals surface area contributed by atoms with Gasteiger partial charge in [-0.05, 0) is 108 Å². The van der Waals surface area contributed by atoms with Crippen molar-refractivity contribution in [3.8, 4) is 0 Å². The predicted molar refractivity (Wildman–Crippen MR) is 271 cm³/mol. The molecule has 0 bridgehead atoms. The first-order valence-corrected chi connectivity index (χ1v) is 26.1. The Morgan fingerprint density at radius 1 is 0.676 bits per heavy atom. The maximum atomic E-state index is 13.2. The fourth-order valence-electron chi connectivity index (χ4n) is 8.70. The van der Waals surface area contributed by atoms with Crippen LogP contribution >= 0.6 is 22.7 Å². The third-order valence-electron chi connectivity index (χ3n) is 13.9. The summed E-state index contributed by atoms with van der Waals surface area (Å²) in [5, 5.41) is 48.8. The molecule has 0 saturated heterocycles. The first-order chi connectivity index (χ1) is 33.2. The number of aliphatic hydroxyl groups is 4. The van der Waals surface area contributed by atoms with Gasteiger partial charge >= 0.3 is 11.9 Å². The first kappa shape index (κ1) is 63.0. The lowest BCUT2D eigenvalue weighted by Gasteiger charge is -2.34. The fourth-order valence-corrected chi connectivity index (χ4v) is 9.84. The number of aromatic nitrogens is 2. The number of cyclic esters (lactones) is 2. The van der Waals surface area contributed by atoms with Gasteiger partial charge in [0.05, 0.1) is 69.5 Å². The van der Waals surface area contributed by atoms with Crippen molar-refractivity contribution in [3.63, 3.8) is 0 Å². The normalized spacial score (nSPS) is 30.9. The molecule has 2 aliphatic heterocycles. The van der Waals surface area contributed by atoms with Gasteiger partial charge in [0.1, 0.15) is 29.5 Å². The molecule has 71 heavy (non-hydrogen) atoms. The highest BCUT2D eigenvalue weighted by Crippen LogP contribution is 2.35. The molecule has 2 aromatic rings. The average Bonchev–Trinajstić information content (AvgIpc) is 3.94. The maximum absolute atomic E-state index is 13.2. The number of ether oxygens (including phenoxy) is 2. The molecule has 0 aliphatic carbocycles. The maximum Gasteiger partial charge on any atom is 0.309 e. The lowest BCUT2D eigenvalue weighted by Crippen LogP contribution is -2.45. The highest BCUT2D eigenvalue weighted by Gasteiger charge is 2.44. The highest BCUT2D eigenvalue weighted by atomic mass is 32.1. The number of carbonyl (C=O) groups is 4. The van der Waals surface area contributed by atoms with Crippen molar-refractivity contribution in [2.45, 2.75) is 191 Å². The van der Waals surface area contributed by atoms with E-state index in [1.807, 2.05) is 51.5 Å². The Morgan fingerprint density at radius 3 is 1.42 bits per heavy atom. The summed E-state index contributed by atoms with van der Waals surface area (Å²) in [5.74, 6) is -3.36. The van der Waals surface area contributed by atoms with E-state index in [0.29, 0.717) is 31.3 Å². The zero-order chi connectivity index (χ0) is 54.0. The topological polar surface area (TPSA) is 203 Å². The molecule has 4 N–H and O–H groups in total. The van der Waals surface area contributed by atoms with E-state index in [1.54, 1.807) is 72.0 Å². The molecule has 0 amide bonds. The summed E-state index contributed by atoms with van der Waals surface area (Å²) in [4.78, 5) is 64.9. The number of esters is 2. The molecule has 0 aromatic carbocycles. The van der Waals surface area contributed by atoms with E-state index in [-0.39, 0.29) is 42.0 Å². The number of ketones is 2. The molecule has 2 aromatic heterocycles. The first-order valence-electron chi connectivity index (χ1n) is 24.4. The molecule has 4 heterocycles. The number of allylic oxidation sites excluding steroid dienone is 2. The molecule has 18 heteroatoms. The number of halogens is 3. The van der Waals surface area contributed by atoms with Crippen molar-refractivity contribution in [2.24, 2.45) is 34.5 Å². The summed E-state index contributed by atoms with van der Waals surface area (Å²) in [6.45, 7) is 23.1. The molecule has 400 valence electrons. The van der Waals surface area contributed by atoms with Crippen LogP contribution in [0.15, 0.2) is 45.4 Å². The van der Waals surface area contributed by atoms with Gasteiger partial charge in [-0.25, -0.2) is 9.97 Å². The molecule has 0 saturated carbocycles. The van der Waals surface area contributed by atoms with Crippen LogP contribution in [0.25, 0.3) is 12.2 Å². The van der Waals surface area contributed by atoms with Crippen LogP contribution in [0.4, 0.5) is 13.7 Å². The molecule has 0 fully saturated rings. The number of hydrogen-bond donors (Lipinski definition) is 4. The van der Waals surface area contributed by atoms with Gasteiger partial charge in [-0.2, -0.15) is 0 Å². The second-order valence-electron chi connectivity index (χ2n) is 20.5. The molecule has 13 nitrogen and oxygen atoms in total. The van der Waals surface area contributed by atoms with Crippen LogP contribution in [0.1, 0.15) is 162 Å². The zero-order valence-corrected chi connectivity index (χ0v) is 45.4. The molecule has 0 spiro atoms. The van der Waals surface area contributed by atoms with Crippen LogP contribution in [0, 0.1) is 48.3 Å². The summed E-state index contributed by atoms with van der Waals surface area (Å²) in [7, 11) is 0. The van der Waals surface area contributed by atoms with E-state index >= 15 is 0 Å². The predicted octanol–water partition coefficient (Wildman–Crippen LogP) is 11.2. The number of rotatable bonds is 5. The Hall–Kier alpha value is -4.07. The SMILES string of the molecule is C/C(=C\c1csc(C)n1)[C@@H]1C/C=C(/OF)CCC[C@H](C)[C@H](O)[C@@H](C)C(=O)C(C)(C)[C@@H](O)CC(=O)O1.C/C1=C/C[C@@H](/C(C)=C/c2csc(C)n2)OC(=O)C[C@H](O)C(C)(C)C(=O)[C@H](C)[C@@H](O)[C@@H](C)CCC1.FF. The molecule has 2 aliphatic rings. The Labute approximate surface area is 426 Å². The molecule has 0 unspecified atom stereocenters. The third kappa shape index (κ3) is 19.4. The molecule has 4 rings (SSSR count). The smallest absolute Gasteiger partial charge is 0.309 e.